The summed E-state index contributed by atoms with van der Waals surface area (Å²) in [6.07, 6.45) is 0.857. The van der Waals surface area contributed by atoms with Crippen molar-refractivity contribution in [3.63, 3.8) is 0 Å². The minimum absolute atomic E-state index is 0.00675. The number of Topliss-reactive ketones (excluding diaryl/α,β-unsaturated/α-hetero) is 1. The van der Waals surface area contributed by atoms with Gasteiger partial charge in [-0.1, -0.05) is 52.0 Å². The Morgan fingerprint density at radius 2 is 1.70 bits per heavy atom. The number of benzene rings is 1. The van der Waals surface area contributed by atoms with E-state index in [1.54, 1.807) is 6.92 Å². The third-order valence-electron chi connectivity index (χ3n) is 4.22. The molecule has 112 valence electrons. The molecule has 1 rings (SSSR count). The molecule has 0 bridgehead atoms. The zero-order chi connectivity index (χ0) is 15.5. The van der Waals surface area contributed by atoms with E-state index in [1.165, 1.54) is 11.1 Å². The van der Waals surface area contributed by atoms with Crippen LogP contribution in [0, 0.1) is 0 Å². The van der Waals surface area contributed by atoms with Crippen LogP contribution < -0.4 is 0 Å². The number of hydrogen-bond acceptors (Lipinski definition) is 2. The van der Waals surface area contributed by atoms with E-state index in [0.717, 1.165) is 6.42 Å². The third-order valence-corrected chi connectivity index (χ3v) is 4.22. The lowest BCUT2D eigenvalue weighted by Gasteiger charge is -2.31. The summed E-state index contributed by atoms with van der Waals surface area (Å²) in [5, 5.41) is 0. The molecule has 1 unspecified atom stereocenters. The van der Waals surface area contributed by atoms with E-state index in [-0.39, 0.29) is 23.3 Å². The number of ketones is 1. The normalized spacial score (nSPS) is 15.2. The van der Waals surface area contributed by atoms with E-state index in [2.05, 4.69) is 63.8 Å². The van der Waals surface area contributed by atoms with Crippen molar-refractivity contribution in [2.24, 2.45) is 0 Å². The summed E-state index contributed by atoms with van der Waals surface area (Å²) >= 11 is 0. The summed E-state index contributed by atoms with van der Waals surface area (Å²) in [6.45, 7) is 12.6. The van der Waals surface area contributed by atoms with Gasteiger partial charge in [-0.25, -0.2) is 0 Å². The van der Waals surface area contributed by atoms with Crippen LogP contribution in [-0.2, 0) is 10.2 Å². The second kappa shape index (κ2) is 6.53. The Bertz CT molecular complexity index is 441. The SMILES string of the molecule is CC[C@@H](C(C)=O)N(C)C(C)c1ccc(C(C)(C)C)cc1. The maximum Gasteiger partial charge on any atom is 0.146 e. The first-order valence-electron chi connectivity index (χ1n) is 7.51. The van der Waals surface area contributed by atoms with Crippen molar-refractivity contribution in [3.8, 4) is 0 Å². The highest BCUT2D eigenvalue weighted by molar-refractivity contribution is 5.81. The Hall–Kier alpha value is -1.15. The van der Waals surface area contributed by atoms with Gasteiger partial charge in [-0.15, -0.1) is 0 Å². The summed E-state index contributed by atoms with van der Waals surface area (Å²) in [5.74, 6) is 0.244. The van der Waals surface area contributed by atoms with Gasteiger partial charge in [0.05, 0.1) is 6.04 Å². The molecule has 0 N–H and O–H groups in total. The van der Waals surface area contributed by atoms with Crippen LogP contribution in [0.3, 0.4) is 0 Å². The minimum Gasteiger partial charge on any atom is -0.298 e. The molecule has 2 atom stereocenters. The lowest BCUT2D eigenvalue weighted by molar-refractivity contribution is -0.122. The molecule has 2 nitrogen and oxygen atoms in total. The van der Waals surface area contributed by atoms with Crippen molar-refractivity contribution in [1.82, 2.24) is 4.90 Å². The van der Waals surface area contributed by atoms with E-state index in [4.69, 9.17) is 0 Å². The molecule has 0 amide bonds. The first-order chi connectivity index (χ1) is 9.18. The Labute approximate surface area is 124 Å². The van der Waals surface area contributed by atoms with E-state index < -0.39 is 0 Å². The second-order valence-corrected chi connectivity index (χ2v) is 6.75. The van der Waals surface area contributed by atoms with Crippen molar-refractivity contribution in [2.75, 3.05) is 7.05 Å². The average molecular weight is 275 g/mol. The van der Waals surface area contributed by atoms with Crippen molar-refractivity contribution < 1.29 is 4.79 Å². The first-order valence-corrected chi connectivity index (χ1v) is 7.51. The predicted molar refractivity (Wildman–Crippen MR) is 86.1 cm³/mol. The number of carbonyl (C=O) groups is 1. The van der Waals surface area contributed by atoms with E-state index in [0.29, 0.717) is 0 Å². The lowest BCUT2D eigenvalue weighted by atomic mass is 9.86. The fourth-order valence-electron chi connectivity index (χ4n) is 2.63. The third kappa shape index (κ3) is 3.92. The number of nitrogens with zero attached hydrogens (tertiary/aromatic N) is 1. The van der Waals surface area contributed by atoms with Crippen LogP contribution in [0.1, 0.15) is 65.1 Å². The topological polar surface area (TPSA) is 20.3 Å². The van der Waals surface area contributed by atoms with E-state index in [9.17, 15) is 4.79 Å². The standard InChI is InChI=1S/C18H29NO/c1-8-17(14(3)20)19(7)13(2)15-9-11-16(12-10-15)18(4,5)6/h9-13,17H,8H2,1-7H3/t13?,17-/m0/s1. The molecule has 0 spiro atoms. The van der Waals surface area contributed by atoms with E-state index >= 15 is 0 Å². The van der Waals surface area contributed by atoms with Gasteiger partial charge in [-0.3, -0.25) is 9.69 Å². The van der Waals surface area contributed by atoms with Crippen molar-refractivity contribution in [1.29, 1.82) is 0 Å². The molecular formula is C18H29NO. The van der Waals surface area contributed by atoms with Gasteiger partial charge in [0, 0.05) is 6.04 Å². The quantitative estimate of drug-likeness (QED) is 0.796. The lowest BCUT2D eigenvalue weighted by Crippen LogP contribution is -2.38. The van der Waals surface area contributed by atoms with E-state index in [1.807, 2.05) is 7.05 Å². The van der Waals surface area contributed by atoms with Gasteiger partial charge in [0.25, 0.3) is 0 Å². The van der Waals surface area contributed by atoms with Gasteiger partial charge >= 0.3 is 0 Å². The summed E-state index contributed by atoms with van der Waals surface area (Å²) < 4.78 is 0. The van der Waals surface area contributed by atoms with Crippen LogP contribution in [0.5, 0.6) is 0 Å². The highest BCUT2D eigenvalue weighted by Crippen LogP contribution is 2.26. The van der Waals surface area contributed by atoms with Crippen LogP contribution in [0.15, 0.2) is 24.3 Å². The molecule has 1 aromatic carbocycles. The Kier molecular flexibility index (Phi) is 5.52. The summed E-state index contributed by atoms with van der Waals surface area (Å²) in [7, 11) is 2.04. The molecule has 0 heterocycles. The number of rotatable bonds is 5. The average Bonchev–Trinajstić information content (AvgIpc) is 2.37. The summed E-state index contributed by atoms with van der Waals surface area (Å²) in [4.78, 5) is 13.9. The fourth-order valence-corrected chi connectivity index (χ4v) is 2.63. The molecule has 0 saturated carbocycles. The molecule has 20 heavy (non-hydrogen) atoms. The monoisotopic (exact) mass is 275 g/mol. The number of hydrogen-bond donors (Lipinski definition) is 0. The highest BCUT2D eigenvalue weighted by atomic mass is 16.1. The maximum absolute atomic E-state index is 11.7. The molecule has 0 saturated heterocycles. The van der Waals surface area contributed by atoms with Crippen LogP contribution in [-0.4, -0.2) is 23.8 Å². The molecule has 2 heteroatoms. The van der Waals surface area contributed by atoms with Crippen LogP contribution in [0.25, 0.3) is 0 Å². The van der Waals surface area contributed by atoms with Gasteiger partial charge in [0.1, 0.15) is 5.78 Å². The number of likely N-dealkylation sites (N-methyl/N-ethyl adjacent to an activating group) is 1. The van der Waals surface area contributed by atoms with Crippen LogP contribution in [0.2, 0.25) is 0 Å². The van der Waals surface area contributed by atoms with Crippen molar-refractivity contribution in [2.45, 2.75) is 65.5 Å². The highest BCUT2D eigenvalue weighted by Gasteiger charge is 2.23. The smallest absolute Gasteiger partial charge is 0.146 e. The van der Waals surface area contributed by atoms with Gasteiger partial charge < -0.3 is 0 Å². The first kappa shape index (κ1) is 16.9. The number of carbonyl (C=O) groups excluding carboxylic acids is 1. The molecule has 0 fully saturated rings. The molecule has 0 aliphatic rings. The van der Waals surface area contributed by atoms with Gasteiger partial charge in [-0.05, 0) is 43.9 Å². The Morgan fingerprint density at radius 3 is 2.05 bits per heavy atom. The molecule has 0 aromatic heterocycles. The van der Waals surface area contributed by atoms with Gasteiger partial charge in [0.2, 0.25) is 0 Å². The van der Waals surface area contributed by atoms with Gasteiger partial charge in [0.15, 0.2) is 0 Å². The molecule has 1 aromatic rings. The summed E-state index contributed by atoms with van der Waals surface area (Å²) in [6, 6.07) is 9.04. The predicted octanol–water partition coefficient (Wildman–Crippen LogP) is 4.34. The van der Waals surface area contributed by atoms with Crippen LogP contribution >= 0.6 is 0 Å². The second-order valence-electron chi connectivity index (χ2n) is 6.75. The van der Waals surface area contributed by atoms with Crippen molar-refractivity contribution in [3.05, 3.63) is 35.4 Å². The maximum atomic E-state index is 11.7. The zero-order valence-electron chi connectivity index (χ0n) is 14.0. The Morgan fingerprint density at radius 1 is 1.20 bits per heavy atom. The molecule has 0 radical (unpaired) electrons. The largest absolute Gasteiger partial charge is 0.298 e. The van der Waals surface area contributed by atoms with Crippen LogP contribution in [0.4, 0.5) is 0 Å². The fraction of sp³-hybridized carbons (Fsp3) is 0.611. The zero-order valence-corrected chi connectivity index (χ0v) is 14.0. The minimum atomic E-state index is 0.00675. The molecular weight excluding hydrogens is 246 g/mol. The Balaban J connectivity index is 2.92. The van der Waals surface area contributed by atoms with Gasteiger partial charge in [-0.2, -0.15) is 0 Å². The summed E-state index contributed by atoms with van der Waals surface area (Å²) in [5.41, 5.74) is 2.79. The van der Waals surface area contributed by atoms with Crippen molar-refractivity contribution >= 4 is 5.78 Å². The molecule has 0 aliphatic heterocycles. The molecule has 0 aliphatic carbocycles.